The van der Waals surface area contributed by atoms with E-state index in [0.29, 0.717) is 30.6 Å². The highest BCUT2D eigenvalue weighted by atomic mass is 32.2. The molecule has 0 aliphatic heterocycles. The van der Waals surface area contributed by atoms with Crippen LogP contribution in [0.4, 0.5) is 14.5 Å². The smallest absolute Gasteiger partial charge is 0.327 e. The molecule has 0 saturated heterocycles. The van der Waals surface area contributed by atoms with Crippen LogP contribution in [0, 0.1) is 5.92 Å². The molecule has 3 aromatic rings. The summed E-state index contributed by atoms with van der Waals surface area (Å²) in [5, 5.41) is 0. The molecule has 1 aliphatic rings. The first-order valence-corrected chi connectivity index (χ1v) is 12.1. The Kier molecular flexibility index (Phi) is 5.55. The molecule has 32 heavy (non-hydrogen) atoms. The Labute approximate surface area is 187 Å². The summed E-state index contributed by atoms with van der Waals surface area (Å²) in [5.41, 5.74) is 1.78. The molecule has 0 bridgehead atoms. The number of aromatic nitrogens is 4. The number of anilines is 1. The highest BCUT2D eigenvalue weighted by Gasteiger charge is 2.36. The monoisotopic (exact) mass is 465 g/mol. The van der Waals surface area contributed by atoms with E-state index in [4.69, 9.17) is 4.98 Å². The van der Waals surface area contributed by atoms with Gasteiger partial charge in [-0.1, -0.05) is 20.8 Å². The van der Waals surface area contributed by atoms with E-state index in [1.165, 1.54) is 30.1 Å². The largest absolute Gasteiger partial charge is 0.330 e. The van der Waals surface area contributed by atoms with Gasteiger partial charge >= 0.3 is 10.2 Å². The lowest BCUT2D eigenvalue weighted by Gasteiger charge is -2.30. The lowest BCUT2D eigenvalue weighted by atomic mass is 9.86. The number of halogens is 2. The molecule has 1 aliphatic carbocycles. The van der Waals surface area contributed by atoms with Gasteiger partial charge in [0.25, 0.3) is 0 Å². The van der Waals surface area contributed by atoms with Crippen LogP contribution in [0.1, 0.15) is 52.3 Å². The summed E-state index contributed by atoms with van der Waals surface area (Å²) in [6.07, 6.45) is 4.86. The Bertz CT molecular complexity index is 1200. The van der Waals surface area contributed by atoms with Crippen LogP contribution in [0.25, 0.3) is 11.0 Å². The van der Waals surface area contributed by atoms with Crippen molar-refractivity contribution in [3.63, 3.8) is 0 Å². The van der Waals surface area contributed by atoms with Gasteiger partial charge in [0.15, 0.2) is 0 Å². The van der Waals surface area contributed by atoms with E-state index in [1.54, 1.807) is 12.1 Å². The Hall–Kier alpha value is -2.49. The van der Waals surface area contributed by atoms with Crippen molar-refractivity contribution < 1.29 is 17.2 Å². The van der Waals surface area contributed by atoms with E-state index < -0.39 is 16.1 Å². The second-order valence-electron chi connectivity index (χ2n) is 9.64. The Morgan fingerprint density at radius 2 is 1.91 bits per heavy atom. The summed E-state index contributed by atoms with van der Waals surface area (Å²) in [5.74, 6) is -1.53. The van der Waals surface area contributed by atoms with Crippen molar-refractivity contribution in [3.05, 3.63) is 42.7 Å². The van der Waals surface area contributed by atoms with Crippen LogP contribution in [0.3, 0.4) is 0 Å². The molecule has 0 N–H and O–H groups in total. The van der Waals surface area contributed by atoms with E-state index in [0.717, 1.165) is 15.3 Å². The third kappa shape index (κ3) is 4.24. The molecular formula is C22H29F2N5O2S. The van der Waals surface area contributed by atoms with Crippen molar-refractivity contribution in [1.82, 2.24) is 18.5 Å². The summed E-state index contributed by atoms with van der Waals surface area (Å²) >= 11 is 0. The molecule has 0 spiro atoms. The van der Waals surface area contributed by atoms with Gasteiger partial charge in [0.2, 0.25) is 5.92 Å². The van der Waals surface area contributed by atoms with Crippen LogP contribution in [0.5, 0.6) is 0 Å². The highest BCUT2D eigenvalue weighted by Crippen LogP contribution is 2.38. The average molecular weight is 466 g/mol. The molecule has 174 valence electrons. The fraction of sp³-hybridized carbons (Fsp3) is 0.545. The summed E-state index contributed by atoms with van der Waals surface area (Å²) in [4.78, 5) is 8.66. The summed E-state index contributed by atoms with van der Waals surface area (Å²) < 4.78 is 57.3. The van der Waals surface area contributed by atoms with Crippen LogP contribution in [-0.2, 0) is 22.2 Å². The maximum Gasteiger partial charge on any atom is 0.330 e. The van der Waals surface area contributed by atoms with Crippen LogP contribution in [-0.4, -0.2) is 39.9 Å². The number of hydrogen-bond donors (Lipinski definition) is 0. The molecular weight excluding hydrogens is 436 g/mol. The third-order valence-corrected chi connectivity index (χ3v) is 7.79. The van der Waals surface area contributed by atoms with E-state index >= 15 is 0 Å². The average Bonchev–Trinajstić information content (AvgIpc) is 3.37. The standard InChI is InChI=1S/C22H29F2N5O2S/c1-21(2,3)20-26-18-13-17(27(4)32(30,31)28-12-11-25-15-28)5-6-19(18)29(20)14-16-7-9-22(23,24)10-8-16/h5-6,11-13,15-16H,7-10,14H2,1-4H3. The van der Waals surface area contributed by atoms with Crippen molar-refractivity contribution in [2.24, 2.45) is 5.92 Å². The van der Waals surface area contributed by atoms with Crippen molar-refractivity contribution in [1.29, 1.82) is 0 Å². The van der Waals surface area contributed by atoms with Gasteiger partial charge in [-0.25, -0.2) is 22.7 Å². The first-order chi connectivity index (χ1) is 14.9. The number of nitrogens with zero attached hydrogens (tertiary/aromatic N) is 5. The van der Waals surface area contributed by atoms with Crippen LogP contribution in [0.2, 0.25) is 0 Å². The molecule has 1 fully saturated rings. The molecule has 7 nitrogen and oxygen atoms in total. The van der Waals surface area contributed by atoms with Crippen molar-refractivity contribution in [2.75, 3.05) is 11.4 Å². The predicted molar refractivity (Wildman–Crippen MR) is 120 cm³/mol. The number of fused-ring (bicyclic) bond motifs is 1. The van der Waals surface area contributed by atoms with Gasteiger partial charge in [-0.2, -0.15) is 8.42 Å². The zero-order chi connectivity index (χ0) is 23.3. The number of alkyl halides is 2. The highest BCUT2D eigenvalue weighted by molar-refractivity contribution is 7.91. The molecule has 2 heterocycles. The van der Waals surface area contributed by atoms with Gasteiger partial charge in [-0.05, 0) is 37.0 Å². The fourth-order valence-corrected chi connectivity index (χ4v) is 5.31. The van der Waals surface area contributed by atoms with Crippen LogP contribution >= 0.6 is 0 Å². The van der Waals surface area contributed by atoms with Gasteiger partial charge in [-0.3, -0.25) is 4.31 Å². The minimum Gasteiger partial charge on any atom is -0.327 e. The maximum absolute atomic E-state index is 13.6. The summed E-state index contributed by atoms with van der Waals surface area (Å²) in [7, 11) is -2.31. The molecule has 0 radical (unpaired) electrons. The van der Waals surface area contributed by atoms with E-state index in [9.17, 15) is 17.2 Å². The van der Waals surface area contributed by atoms with Crippen LogP contribution in [0.15, 0.2) is 36.9 Å². The van der Waals surface area contributed by atoms with Crippen molar-refractivity contribution in [2.45, 2.75) is 64.3 Å². The quantitative estimate of drug-likeness (QED) is 0.553. The van der Waals surface area contributed by atoms with Gasteiger partial charge in [-0.15, -0.1) is 0 Å². The normalized spacial score (nSPS) is 17.7. The van der Waals surface area contributed by atoms with Crippen molar-refractivity contribution in [3.8, 4) is 0 Å². The fourth-order valence-electron chi connectivity index (χ4n) is 4.27. The number of hydrogen-bond acceptors (Lipinski definition) is 4. The van der Waals surface area contributed by atoms with Gasteiger partial charge in [0, 0.05) is 44.2 Å². The Morgan fingerprint density at radius 1 is 1.22 bits per heavy atom. The van der Waals surface area contributed by atoms with Gasteiger partial charge < -0.3 is 4.57 Å². The van der Waals surface area contributed by atoms with E-state index in [-0.39, 0.29) is 24.2 Å². The SMILES string of the molecule is CN(c1ccc2c(c1)nc(C(C)(C)C)n2CC1CCC(F)(F)CC1)S(=O)(=O)n1ccnc1. The lowest BCUT2D eigenvalue weighted by Crippen LogP contribution is -2.31. The van der Waals surface area contributed by atoms with Crippen LogP contribution < -0.4 is 4.31 Å². The molecule has 2 aromatic heterocycles. The molecule has 0 unspecified atom stereocenters. The molecule has 1 saturated carbocycles. The topological polar surface area (TPSA) is 73.0 Å². The molecule has 0 atom stereocenters. The van der Waals surface area contributed by atoms with Gasteiger partial charge in [0.1, 0.15) is 12.2 Å². The van der Waals surface area contributed by atoms with Crippen molar-refractivity contribution >= 4 is 26.9 Å². The maximum atomic E-state index is 13.6. The molecule has 4 rings (SSSR count). The second kappa shape index (κ2) is 7.83. The number of rotatable bonds is 5. The minimum absolute atomic E-state index is 0.0732. The molecule has 10 heteroatoms. The minimum atomic E-state index is -3.80. The zero-order valence-electron chi connectivity index (χ0n) is 18.8. The summed E-state index contributed by atoms with van der Waals surface area (Å²) in [6, 6.07) is 5.37. The zero-order valence-corrected chi connectivity index (χ0v) is 19.6. The Morgan fingerprint density at radius 3 is 2.50 bits per heavy atom. The Balaban J connectivity index is 1.70. The number of benzene rings is 1. The van der Waals surface area contributed by atoms with E-state index in [2.05, 4.69) is 30.3 Å². The number of imidazole rings is 2. The molecule has 0 amide bonds. The first kappa shape index (κ1) is 22.7. The second-order valence-corrected chi connectivity index (χ2v) is 11.5. The third-order valence-electron chi connectivity index (χ3n) is 6.14. The van der Waals surface area contributed by atoms with E-state index in [1.807, 2.05) is 6.07 Å². The first-order valence-electron chi connectivity index (χ1n) is 10.7. The molecule has 1 aromatic carbocycles. The van der Waals surface area contributed by atoms with Gasteiger partial charge in [0.05, 0.1) is 16.7 Å². The lowest BCUT2D eigenvalue weighted by molar-refractivity contribution is -0.0473. The predicted octanol–water partition coefficient (Wildman–Crippen LogP) is 4.59. The summed E-state index contributed by atoms with van der Waals surface area (Å²) in [6.45, 7) is 6.82.